The van der Waals surface area contributed by atoms with Crippen LogP contribution in [0.5, 0.6) is 0 Å². The third kappa shape index (κ3) is 3.85. The molecule has 1 aliphatic rings. The molecule has 1 unspecified atom stereocenters. The Balaban J connectivity index is 2.03. The number of anilines is 1. The van der Waals surface area contributed by atoms with Crippen molar-refractivity contribution < 1.29 is 19.4 Å². The van der Waals surface area contributed by atoms with Gasteiger partial charge in [-0.15, -0.1) is 0 Å². The molecular formula is C13H15ClN2O4. The minimum Gasteiger partial charge on any atom is -0.478 e. The fourth-order valence-electron chi connectivity index (χ4n) is 2.00. The molecule has 20 heavy (non-hydrogen) atoms. The summed E-state index contributed by atoms with van der Waals surface area (Å²) in [5.41, 5.74) is 0.156. The first-order chi connectivity index (χ1) is 9.56. The molecule has 6 nitrogen and oxygen atoms in total. The number of ether oxygens (including phenoxy) is 1. The number of hydrogen-bond donors (Lipinski definition) is 3. The Morgan fingerprint density at radius 1 is 1.40 bits per heavy atom. The molecule has 0 bridgehead atoms. The Morgan fingerprint density at radius 3 is 2.85 bits per heavy atom. The number of carbonyl (C=O) groups is 2. The lowest BCUT2D eigenvalue weighted by atomic mass is 10.1. The van der Waals surface area contributed by atoms with E-state index < -0.39 is 12.0 Å². The second-order valence-electron chi connectivity index (χ2n) is 4.51. The Morgan fingerprint density at radius 2 is 2.20 bits per heavy atom. The molecule has 1 heterocycles. The molecule has 2 amide bonds. The van der Waals surface area contributed by atoms with E-state index in [-0.39, 0.29) is 17.3 Å². The van der Waals surface area contributed by atoms with Crippen molar-refractivity contribution in [2.24, 2.45) is 0 Å². The maximum atomic E-state index is 11.9. The van der Waals surface area contributed by atoms with Crippen LogP contribution in [0, 0.1) is 0 Å². The van der Waals surface area contributed by atoms with E-state index in [4.69, 9.17) is 21.4 Å². The highest BCUT2D eigenvalue weighted by Crippen LogP contribution is 2.21. The molecule has 108 valence electrons. The highest BCUT2D eigenvalue weighted by Gasteiger charge is 2.18. The van der Waals surface area contributed by atoms with Crippen LogP contribution < -0.4 is 10.6 Å². The predicted molar refractivity (Wildman–Crippen MR) is 74.4 cm³/mol. The molecule has 0 saturated carbocycles. The lowest BCUT2D eigenvalue weighted by Crippen LogP contribution is -2.42. The molecule has 1 saturated heterocycles. The molecule has 3 N–H and O–H groups in total. The Kier molecular flexibility index (Phi) is 4.81. The first-order valence-corrected chi connectivity index (χ1v) is 6.62. The predicted octanol–water partition coefficient (Wildman–Crippen LogP) is 2.34. The van der Waals surface area contributed by atoms with Crippen LogP contribution in [0.2, 0.25) is 5.02 Å². The average Bonchev–Trinajstić information content (AvgIpc) is 2.39. The molecular weight excluding hydrogens is 284 g/mol. The van der Waals surface area contributed by atoms with Crippen LogP contribution >= 0.6 is 11.6 Å². The minimum atomic E-state index is -1.13. The number of carboxylic acid groups (broad SMARTS) is 1. The molecule has 0 radical (unpaired) electrons. The van der Waals surface area contributed by atoms with E-state index in [2.05, 4.69) is 10.6 Å². The van der Waals surface area contributed by atoms with Crippen LogP contribution in [0.1, 0.15) is 23.2 Å². The van der Waals surface area contributed by atoms with Gasteiger partial charge in [0.2, 0.25) is 0 Å². The van der Waals surface area contributed by atoms with Crippen molar-refractivity contribution in [1.82, 2.24) is 5.32 Å². The van der Waals surface area contributed by atoms with Crippen LogP contribution in [0.3, 0.4) is 0 Å². The molecule has 7 heteroatoms. The highest BCUT2D eigenvalue weighted by molar-refractivity contribution is 6.31. The third-order valence-electron chi connectivity index (χ3n) is 2.96. The van der Waals surface area contributed by atoms with E-state index in [1.54, 1.807) is 0 Å². The largest absolute Gasteiger partial charge is 0.478 e. The van der Waals surface area contributed by atoms with Crippen LogP contribution in [-0.2, 0) is 4.74 Å². The van der Waals surface area contributed by atoms with Gasteiger partial charge < -0.3 is 20.5 Å². The second kappa shape index (κ2) is 6.58. The zero-order valence-electron chi connectivity index (χ0n) is 10.7. The van der Waals surface area contributed by atoms with E-state index in [1.165, 1.54) is 18.2 Å². The van der Waals surface area contributed by atoms with Crippen molar-refractivity contribution in [3.8, 4) is 0 Å². The zero-order chi connectivity index (χ0) is 14.5. The van der Waals surface area contributed by atoms with Gasteiger partial charge in [-0.05, 0) is 31.0 Å². The minimum absolute atomic E-state index is 0.00977. The summed E-state index contributed by atoms with van der Waals surface area (Å²) in [5, 5.41) is 14.7. The van der Waals surface area contributed by atoms with Crippen molar-refractivity contribution >= 4 is 29.3 Å². The number of urea groups is 1. The molecule has 1 aliphatic heterocycles. The van der Waals surface area contributed by atoms with Crippen LogP contribution in [0.15, 0.2) is 18.2 Å². The fraction of sp³-hybridized carbons (Fsp3) is 0.385. The van der Waals surface area contributed by atoms with Crippen molar-refractivity contribution in [2.45, 2.75) is 18.9 Å². The molecule has 1 atom stereocenters. The van der Waals surface area contributed by atoms with Crippen LogP contribution in [0.4, 0.5) is 10.5 Å². The van der Waals surface area contributed by atoms with Gasteiger partial charge in [0.15, 0.2) is 0 Å². The Hall–Kier alpha value is -1.79. The summed E-state index contributed by atoms with van der Waals surface area (Å²) in [6, 6.07) is 3.69. The standard InChI is InChI=1S/C13H15ClN2O4/c14-8-3-4-10(12(17)18)11(6-8)16-13(19)15-9-2-1-5-20-7-9/h3-4,6,9H,1-2,5,7H2,(H,17,18)(H2,15,16,19). The molecule has 0 aliphatic carbocycles. The van der Waals surface area contributed by atoms with Gasteiger partial charge >= 0.3 is 12.0 Å². The number of carboxylic acids is 1. The van der Waals surface area contributed by atoms with Gasteiger partial charge in [-0.3, -0.25) is 0 Å². The van der Waals surface area contributed by atoms with E-state index in [0.717, 1.165) is 12.8 Å². The lowest BCUT2D eigenvalue weighted by molar-refractivity contribution is 0.0698. The van der Waals surface area contributed by atoms with Gasteiger partial charge in [0, 0.05) is 11.6 Å². The number of amides is 2. The summed E-state index contributed by atoms with van der Waals surface area (Å²) in [7, 11) is 0. The smallest absolute Gasteiger partial charge is 0.337 e. The zero-order valence-corrected chi connectivity index (χ0v) is 11.4. The van der Waals surface area contributed by atoms with E-state index >= 15 is 0 Å². The number of carbonyl (C=O) groups excluding carboxylic acids is 1. The second-order valence-corrected chi connectivity index (χ2v) is 4.94. The molecule has 2 rings (SSSR count). The molecule has 1 fully saturated rings. The highest BCUT2D eigenvalue weighted by atomic mass is 35.5. The lowest BCUT2D eigenvalue weighted by Gasteiger charge is -2.23. The van der Waals surface area contributed by atoms with Crippen molar-refractivity contribution in [1.29, 1.82) is 0 Å². The Labute approximate surface area is 121 Å². The normalized spacial score (nSPS) is 18.4. The summed E-state index contributed by atoms with van der Waals surface area (Å²) >= 11 is 5.81. The number of benzene rings is 1. The molecule has 0 aromatic heterocycles. The quantitative estimate of drug-likeness (QED) is 0.799. The summed E-state index contributed by atoms with van der Waals surface area (Å²) in [5.74, 6) is -1.13. The van der Waals surface area contributed by atoms with Crippen molar-refractivity contribution in [3.05, 3.63) is 28.8 Å². The first kappa shape index (κ1) is 14.6. The molecule has 0 spiro atoms. The van der Waals surface area contributed by atoms with Gasteiger partial charge in [0.05, 0.1) is 23.9 Å². The number of rotatable bonds is 3. The van der Waals surface area contributed by atoms with E-state index in [9.17, 15) is 9.59 Å². The Bertz CT molecular complexity index is 515. The van der Waals surface area contributed by atoms with Gasteiger partial charge in [-0.25, -0.2) is 9.59 Å². The SMILES string of the molecule is O=C(Nc1cc(Cl)ccc1C(=O)O)NC1CCCOC1. The summed E-state index contributed by atoms with van der Waals surface area (Å²) in [6.07, 6.45) is 1.73. The van der Waals surface area contributed by atoms with Crippen molar-refractivity contribution in [2.75, 3.05) is 18.5 Å². The van der Waals surface area contributed by atoms with E-state index in [1.807, 2.05) is 0 Å². The number of halogens is 1. The maximum absolute atomic E-state index is 11.9. The van der Waals surface area contributed by atoms with Gasteiger partial charge in [-0.1, -0.05) is 11.6 Å². The summed E-state index contributed by atoms with van der Waals surface area (Å²) in [4.78, 5) is 22.9. The average molecular weight is 299 g/mol. The van der Waals surface area contributed by atoms with Crippen LogP contribution in [0.25, 0.3) is 0 Å². The summed E-state index contributed by atoms with van der Waals surface area (Å²) < 4.78 is 5.26. The van der Waals surface area contributed by atoms with Gasteiger partial charge in [0.1, 0.15) is 0 Å². The maximum Gasteiger partial charge on any atom is 0.337 e. The van der Waals surface area contributed by atoms with Gasteiger partial charge in [0.25, 0.3) is 0 Å². The number of nitrogens with one attached hydrogen (secondary N) is 2. The topological polar surface area (TPSA) is 87.7 Å². The van der Waals surface area contributed by atoms with Crippen LogP contribution in [-0.4, -0.2) is 36.4 Å². The summed E-state index contributed by atoms with van der Waals surface area (Å²) in [6.45, 7) is 1.17. The molecule has 1 aromatic rings. The fourth-order valence-corrected chi connectivity index (χ4v) is 2.18. The van der Waals surface area contributed by atoms with Gasteiger partial charge in [-0.2, -0.15) is 0 Å². The number of aromatic carboxylic acids is 1. The first-order valence-electron chi connectivity index (χ1n) is 6.24. The monoisotopic (exact) mass is 298 g/mol. The number of hydrogen-bond acceptors (Lipinski definition) is 3. The molecule has 1 aromatic carbocycles. The van der Waals surface area contributed by atoms with E-state index in [0.29, 0.717) is 18.2 Å². The third-order valence-corrected chi connectivity index (χ3v) is 3.19. The van der Waals surface area contributed by atoms with Crippen molar-refractivity contribution in [3.63, 3.8) is 0 Å².